The van der Waals surface area contributed by atoms with E-state index in [0.29, 0.717) is 10.6 Å². The first-order valence-electron chi connectivity index (χ1n) is 4.81. The molecule has 1 nitrogen and oxygen atoms in total. The normalized spacial score (nSPS) is 19.1. The number of aliphatic hydroxyl groups is 1. The van der Waals surface area contributed by atoms with Gasteiger partial charge in [0.2, 0.25) is 0 Å². The topological polar surface area (TPSA) is 20.2 Å². The zero-order valence-corrected chi connectivity index (χ0v) is 8.47. The van der Waals surface area contributed by atoms with Gasteiger partial charge in [-0.15, -0.1) is 0 Å². The van der Waals surface area contributed by atoms with Crippen LogP contribution >= 0.6 is 11.6 Å². The summed E-state index contributed by atoms with van der Waals surface area (Å²) in [6.07, 6.45) is 2.45. The van der Waals surface area contributed by atoms with E-state index in [9.17, 15) is 9.50 Å². The third-order valence-electron chi connectivity index (χ3n) is 2.88. The molecular formula is C11H12ClFO. The second kappa shape index (κ2) is 3.87. The van der Waals surface area contributed by atoms with Gasteiger partial charge in [-0.05, 0) is 30.9 Å². The summed E-state index contributed by atoms with van der Waals surface area (Å²) in [6, 6.07) is 4.43. The van der Waals surface area contributed by atoms with Gasteiger partial charge in [-0.25, -0.2) is 4.39 Å². The van der Waals surface area contributed by atoms with Gasteiger partial charge in [0, 0.05) is 10.6 Å². The first kappa shape index (κ1) is 9.94. The van der Waals surface area contributed by atoms with Crippen LogP contribution in [-0.4, -0.2) is 5.11 Å². The van der Waals surface area contributed by atoms with Gasteiger partial charge in [-0.1, -0.05) is 24.1 Å². The van der Waals surface area contributed by atoms with Crippen LogP contribution in [0.1, 0.15) is 30.9 Å². The first-order valence-corrected chi connectivity index (χ1v) is 5.19. The van der Waals surface area contributed by atoms with Crippen molar-refractivity contribution in [1.29, 1.82) is 0 Å². The second-order valence-corrected chi connectivity index (χ2v) is 4.24. The van der Waals surface area contributed by atoms with E-state index >= 15 is 0 Å². The van der Waals surface area contributed by atoms with Crippen molar-refractivity contribution in [1.82, 2.24) is 0 Å². The van der Waals surface area contributed by atoms with Gasteiger partial charge >= 0.3 is 0 Å². The largest absolute Gasteiger partial charge is 0.388 e. The maximum atomic E-state index is 13.4. The standard InChI is InChI=1S/C11H12ClFO/c12-8-4-5-9(10(13)6-8)11(14)7-2-1-3-7/h4-7,11,14H,1-3H2. The molecule has 0 heterocycles. The third kappa shape index (κ3) is 1.77. The third-order valence-corrected chi connectivity index (χ3v) is 3.11. The maximum absolute atomic E-state index is 13.4. The van der Waals surface area contributed by atoms with Crippen LogP contribution in [0.5, 0.6) is 0 Å². The van der Waals surface area contributed by atoms with Crippen LogP contribution < -0.4 is 0 Å². The predicted molar refractivity (Wildman–Crippen MR) is 53.7 cm³/mol. The molecule has 1 aliphatic carbocycles. The molecule has 0 aromatic heterocycles. The zero-order valence-electron chi connectivity index (χ0n) is 7.71. The Hall–Kier alpha value is -0.600. The number of benzene rings is 1. The lowest BCUT2D eigenvalue weighted by Crippen LogP contribution is -2.20. The number of halogens is 2. The summed E-state index contributed by atoms with van der Waals surface area (Å²) in [6.45, 7) is 0. The molecule has 1 aliphatic rings. The molecule has 1 saturated carbocycles. The lowest BCUT2D eigenvalue weighted by molar-refractivity contribution is 0.0592. The highest BCUT2D eigenvalue weighted by Crippen LogP contribution is 2.38. The van der Waals surface area contributed by atoms with E-state index in [2.05, 4.69) is 0 Å². The lowest BCUT2D eigenvalue weighted by atomic mass is 9.79. The highest BCUT2D eigenvalue weighted by molar-refractivity contribution is 6.30. The molecule has 0 amide bonds. The minimum Gasteiger partial charge on any atom is -0.388 e. The minimum absolute atomic E-state index is 0.227. The maximum Gasteiger partial charge on any atom is 0.130 e. The summed E-state index contributed by atoms with van der Waals surface area (Å²) in [5, 5.41) is 10.2. The van der Waals surface area contributed by atoms with E-state index in [4.69, 9.17) is 11.6 Å². The van der Waals surface area contributed by atoms with E-state index in [1.165, 1.54) is 6.07 Å². The molecule has 1 aromatic rings. The van der Waals surface area contributed by atoms with Crippen LogP contribution in [0.4, 0.5) is 4.39 Å². The Morgan fingerprint density at radius 1 is 1.43 bits per heavy atom. The molecule has 1 aromatic carbocycles. The van der Waals surface area contributed by atoms with Gasteiger partial charge in [0.1, 0.15) is 5.82 Å². The van der Waals surface area contributed by atoms with Crippen LogP contribution in [0.3, 0.4) is 0 Å². The van der Waals surface area contributed by atoms with Gasteiger partial charge in [-0.2, -0.15) is 0 Å². The molecule has 0 bridgehead atoms. The first-order chi connectivity index (χ1) is 6.68. The van der Waals surface area contributed by atoms with Crippen molar-refractivity contribution in [2.75, 3.05) is 0 Å². The Kier molecular flexibility index (Phi) is 2.75. The Morgan fingerprint density at radius 2 is 2.14 bits per heavy atom. The molecule has 1 fully saturated rings. The molecule has 76 valence electrons. The highest BCUT2D eigenvalue weighted by Gasteiger charge is 2.28. The smallest absolute Gasteiger partial charge is 0.130 e. The molecule has 1 atom stereocenters. The number of rotatable bonds is 2. The Balaban J connectivity index is 2.22. The molecule has 0 radical (unpaired) electrons. The van der Waals surface area contributed by atoms with Crippen molar-refractivity contribution in [3.8, 4) is 0 Å². The summed E-state index contributed by atoms with van der Waals surface area (Å²) < 4.78 is 13.4. The molecule has 0 saturated heterocycles. The summed E-state index contributed by atoms with van der Waals surface area (Å²) in [4.78, 5) is 0. The Morgan fingerprint density at radius 3 is 2.64 bits per heavy atom. The molecular weight excluding hydrogens is 203 g/mol. The molecule has 3 heteroatoms. The fourth-order valence-electron chi connectivity index (χ4n) is 1.75. The number of hydrogen-bond donors (Lipinski definition) is 1. The summed E-state index contributed by atoms with van der Waals surface area (Å²) in [5.74, 6) is -0.178. The van der Waals surface area contributed by atoms with Crippen LogP contribution in [0.15, 0.2) is 18.2 Å². The molecule has 0 spiro atoms. The summed E-state index contributed by atoms with van der Waals surface area (Å²) in [7, 11) is 0. The van der Waals surface area contributed by atoms with Crippen molar-refractivity contribution >= 4 is 11.6 Å². The second-order valence-electron chi connectivity index (χ2n) is 3.80. The average molecular weight is 215 g/mol. The zero-order chi connectivity index (χ0) is 10.1. The van der Waals surface area contributed by atoms with Crippen molar-refractivity contribution in [2.24, 2.45) is 5.92 Å². The minimum atomic E-state index is -0.666. The number of aliphatic hydroxyl groups excluding tert-OH is 1. The van der Waals surface area contributed by atoms with Gasteiger partial charge in [0.15, 0.2) is 0 Å². The van der Waals surface area contributed by atoms with Crippen molar-refractivity contribution in [3.05, 3.63) is 34.6 Å². The fourth-order valence-corrected chi connectivity index (χ4v) is 1.91. The van der Waals surface area contributed by atoms with Crippen LogP contribution in [0.2, 0.25) is 5.02 Å². The number of hydrogen-bond acceptors (Lipinski definition) is 1. The van der Waals surface area contributed by atoms with E-state index < -0.39 is 11.9 Å². The van der Waals surface area contributed by atoms with Gasteiger partial charge < -0.3 is 5.11 Å². The van der Waals surface area contributed by atoms with E-state index in [0.717, 1.165) is 19.3 Å². The van der Waals surface area contributed by atoms with E-state index in [-0.39, 0.29) is 5.92 Å². The SMILES string of the molecule is OC(c1ccc(Cl)cc1F)C1CCC1. The molecule has 2 rings (SSSR count). The fraction of sp³-hybridized carbons (Fsp3) is 0.455. The molecule has 1 unspecified atom stereocenters. The van der Waals surface area contributed by atoms with Crippen LogP contribution in [0.25, 0.3) is 0 Å². The van der Waals surface area contributed by atoms with Crippen molar-refractivity contribution in [3.63, 3.8) is 0 Å². The monoisotopic (exact) mass is 214 g/mol. The lowest BCUT2D eigenvalue weighted by Gasteiger charge is -2.30. The summed E-state index contributed by atoms with van der Waals surface area (Å²) >= 11 is 5.63. The van der Waals surface area contributed by atoms with E-state index in [1.807, 2.05) is 0 Å². The van der Waals surface area contributed by atoms with Crippen LogP contribution in [0, 0.1) is 11.7 Å². The molecule has 0 aliphatic heterocycles. The quantitative estimate of drug-likeness (QED) is 0.801. The molecule has 14 heavy (non-hydrogen) atoms. The van der Waals surface area contributed by atoms with Gasteiger partial charge in [0.05, 0.1) is 6.10 Å². The van der Waals surface area contributed by atoms with Crippen molar-refractivity contribution < 1.29 is 9.50 Å². The van der Waals surface area contributed by atoms with Gasteiger partial charge in [0.25, 0.3) is 0 Å². The van der Waals surface area contributed by atoms with Crippen LogP contribution in [-0.2, 0) is 0 Å². The van der Waals surface area contributed by atoms with Gasteiger partial charge in [-0.3, -0.25) is 0 Å². The predicted octanol–water partition coefficient (Wildman–Crippen LogP) is 3.31. The Bertz CT molecular complexity index is 336. The Labute approximate surface area is 87.5 Å². The van der Waals surface area contributed by atoms with Crippen molar-refractivity contribution in [2.45, 2.75) is 25.4 Å². The van der Waals surface area contributed by atoms with E-state index in [1.54, 1.807) is 12.1 Å². The highest BCUT2D eigenvalue weighted by atomic mass is 35.5. The average Bonchev–Trinajstić information content (AvgIpc) is 2.00. The summed E-state index contributed by atoms with van der Waals surface area (Å²) in [5.41, 5.74) is 0.374. The molecule has 1 N–H and O–H groups in total.